The summed E-state index contributed by atoms with van der Waals surface area (Å²) in [5.74, 6) is -2.03. The predicted molar refractivity (Wildman–Crippen MR) is 295 cm³/mol. The minimum Gasteiger partial charge on any atom is -0.477 e. The van der Waals surface area contributed by atoms with Crippen molar-refractivity contribution in [3.05, 3.63) is 36.5 Å². The van der Waals surface area contributed by atoms with Gasteiger partial charge in [-0.2, -0.15) is 0 Å². The lowest BCUT2D eigenvalue weighted by Gasteiger charge is -2.25. The van der Waals surface area contributed by atoms with Gasteiger partial charge >= 0.3 is 17.9 Å². The quantitative estimate of drug-likeness (QED) is 0.0211. The lowest BCUT2D eigenvalue weighted by molar-refractivity contribution is -0.870. The van der Waals surface area contributed by atoms with Crippen molar-refractivity contribution in [3.8, 4) is 0 Å². The zero-order valence-electron chi connectivity index (χ0n) is 46.7. The van der Waals surface area contributed by atoms with Gasteiger partial charge in [-0.3, -0.25) is 9.59 Å². The maximum atomic E-state index is 12.8. The van der Waals surface area contributed by atoms with Gasteiger partial charge in [-0.25, -0.2) is 4.79 Å². The van der Waals surface area contributed by atoms with Gasteiger partial charge in [-0.05, 0) is 44.9 Å². The summed E-state index contributed by atoms with van der Waals surface area (Å²) in [7, 11) is 5.96. The third-order valence-corrected chi connectivity index (χ3v) is 13.2. The second kappa shape index (κ2) is 52.8. The van der Waals surface area contributed by atoms with Crippen LogP contribution in [-0.4, -0.2) is 87.4 Å². The highest BCUT2D eigenvalue weighted by Gasteiger charge is 2.25. The van der Waals surface area contributed by atoms with Gasteiger partial charge in [0.2, 0.25) is 0 Å². The zero-order chi connectivity index (χ0) is 51.3. The monoisotopic (exact) mass is 989 g/mol. The summed E-state index contributed by atoms with van der Waals surface area (Å²) in [5.41, 5.74) is 0. The molecule has 0 bridgehead atoms. The summed E-state index contributed by atoms with van der Waals surface area (Å²) < 4.78 is 22.8. The van der Waals surface area contributed by atoms with Crippen molar-refractivity contribution < 1.29 is 42.9 Å². The van der Waals surface area contributed by atoms with E-state index < -0.39 is 24.3 Å². The molecule has 70 heavy (non-hydrogen) atoms. The van der Waals surface area contributed by atoms with E-state index >= 15 is 0 Å². The average molecular weight is 990 g/mol. The van der Waals surface area contributed by atoms with Gasteiger partial charge in [0.15, 0.2) is 6.10 Å². The van der Waals surface area contributed by atoms with Crippen LogP contribution in [0.15, 0.2) is 36.5 Å². The number of quaternary nitrogens is 1. The maximum Gasteiger partial charge on any atom is 0.361 e. The van der Waals surface area contributed by atoms with Crippen LogP contribution in [0.3, 0.4) is 0 Å². The lowest BCUT2D eigenvalue weighted by Crippen LogP contribution is -2.40. The minimum absolute atomic E-state index is 0.183. The Balaban J connectivity index is 4.02. The first-order chi connectivity index (χ1) is 34.1. The summed E-state index contributed by atoms with van der Waals surface area (Å²) >= 11 is 0. The van der Waals surface area contributed by atoms with E-state index in [9.17, 15) is 19.5 Å². The summed E-state index contributed by atoms with van der Waals surface area (Å²) in [6, 6.07) is 0. The van der Waals surface area contributed by atoms with Crippen LogP contribution in [0.4, 0.5) is 0 Å². The number of aliphatic carboxylic acids is 1. The van der Waals surface area contributed by atoms with Crippen LogP contribution < -0.4 is 0 Å². The highest BCUT2D eigenvalue weighted by Crippen LogP contribution is 2.18. The van der Waals surface area contributed by atoms with E-state index in [0.29, 0.717) is 23.9 Å². The van der Waals surface area contributed by atoms with Crippen LogP contribution in [0, 0.1) is 0 Å². The molecule has 0 amide bonds. The van der Waals surface area contributed by atoms with Crippen molar-refractivity contribution in [3.63, 3.8) is 0 Å². The summed E-state index contributed by atoms with van der Waals surface area (Å²) in [5, 5.41) is 9.67. The molecule has 0 saturated carbocycles. The largest absolute Gasteiger partial charge is 0.477 e. The molecule has 0 rings (SSSR count). The smallest absolute Gasteiger partial charge is 0.361 e. The summed E-state index contributed by atoms with van der Waals surface area (Å²) in [6.07, 6.45) is 61.2. The molecule has 0 saturated heterocycles. The number of ether oxygens (including phenoxy) is 4. The Morgan fingerprint density at radius 1 is 0.443 bits per heavy atom. The Labute approximate surface area is 432 Å². The fraction of sp³-hybridized carbons (Fsp3) is 0.852. The van der Waals surface area contributed by atoms with Crippen LogP contribution in [-0.2, 0) is 33.3 Å². The minimum atomic E-state index is -1.52. The van der Waals surface area contributed by atoms with Gasteiger partial charge in [0, 0.05) is 12.8 Å². The number of esters is 2. The Morgan fingerprint density at radius 2 is 0.814 bits per heavy atom. The van der Waals surface area contributed by atoms with E-state index in [2.05, 4.69) is 50.3 Å². The van der Waals surface area contributed by atoms with Crippen molar-refractivity contribution in [2.45, 2.75) is 289 Å². The van der Waals surface area contributed by atoms with Crippen LogP contribution in [0.1, 0.15) is 277 Å². The second-order valence-corrected chi connectivity index (χ2v) is 21.3. The number of likely N-dealkylation sites (N-methyl/N-ethyl adjacent to an activating group) is 1. The number of carboxylic acids is 1. The third-order valence-electron chi connectivity index (χ3n) is 13.2. The van der Waals surface area contributed by atoms with Crippen LogP contribution in [0.25, 0.3) is 0 Å². The van der Waals surface area contributed by atoms with E-state index in [1.54, 1.807) is 0 Å². The van der Waals surface area contributed by atoms with Crippen molar-refractivity contribution in [2.24, 2.45) is 0 Å². The van der Waals surface area contributed by atoms with E-state index in [0.717, 1.165) is 57.8 Å². The fourth-order valence-electron chi connectivity index (χ4n) is 8.62. The zero-order valence-corrected chi connectivity index (χ0v) is 46.7. The molecule has 0 radical (unpaired) electrons. The number of carboxylic acid groups (broad SMARTS) is 1. The Bertz CT molecular complexity index is 1240. The van der Waals surface area contributed by atoms with E-state index in [-0.39, 0.29) is 32.2 Å². The topological polar surface area (TPSA) is 108 Å². The SMILES string of the molecule is CC/C=C\C/C=C\C/C=C\CCCCCC(=O)OC(COC(=O)CCCCCCCCCCCCCCCCCCCCCCCCCCCCCCCCCC)COC(OCC[N+](C)(C)C)C(=O)O. The molecule has 0 aliphatic carbocycles. The van der Waals surface area contributed by atoms with Gasteiger partial charge in [-0.15, -0.1) is 0 Å². The van der Waals surface area contributed by atoms with Crippen molar-refractivity contribution in [2.75, 3.05) is 47.5 Å². The fourth-order valence-corrected chi connectivity index (χ4v) is 8.62. The van der Waals surface area contributed by atoms with Gasteiger partial charge in [0.05, 0.1) is 34.4 Å². The molecule has 2 atom stereocenters. The number of nitrogens with zero attached hydrogens (tertiary/aromatic N) is 1. The summed E-state index contributed by atoms with van der Waals surface area (Å²) in [6.45, 7) is 4.76. The first-order valence-electron chi connectivity index (χ1n) is 29.7. The maximum absolute atomic E-state index is 12.8. The van der Waals surface area contributed by atoms with Gasteiger partial charge in [0.25, 0.3) is 6.29 Å². The Hall–Kier alpha value is -2.49. The van der Waals surface area contributed by atoms with Gasteiger partial charge in [-0.1, -0.05) is 256 Å². The molecule has 0 aliphatic rings. The molecule has 2 unspecified atom stereocenters. The van der Waals surface area contributed by atoms with Crippen molar-refractivity contribution in [1.29, 1.82) is 0 Å². The molecule has 410 valence electrons. The van der Waals surface area contributed by atoms with E-state index in [1.165, 1.54) is 186 Å². The first kappa shape index (κ1) is 67.5. The van der Waals surface area contributed by atoms with E-state index in [1.807, 2.05) is 21.1 Å². The third kappa shape index (κ3) is 53.3. The molecule has 0 spiro atoms. The molecular formula is C61H114NO8+. The normalized spacial score (nSPS) is 13.0. The number of unbranched alkanes of at least 4 members (excludes halogenated alkanes) is 34. The Kier molecular flexibility index (Phi) is 50.9. The molecule has 0 aromatic carbocycles. The molecule has 9 heteroatoms. The number of hydrogen-bond acceptors (Lipinski definition) is 7. The van der Waals surface area contributed by atoms with Crippen LogP contribution in [0.5, 0.6) is 0 Å². The molecular weight excluding hydrogens is 875 g/mol. The highest BCUT2D eigenvalue weighted by atomic mass is 16.7. The molecule has 0 aromatic heterocycles. The van der Waals surface area contributed by atoms with Crippen LogP contribution >= 0.6 is 0 Å². The molecule has 0 aliphatic heterocycles. The van der Waals surface area contributed by atoms with Crippen molar-refractivity contribution in [1.82, 2.24) is 0 Å². The molecule has 0 aromatic rings. The molecule has 0 heterocycles. The standard InChI is InChI=1S/C61H113NO8/c1-6-8-10-12-14-16-18-20-21-22-23-24-25-26-27-28-29-30-31-32-33-34-35-36-37-38-40-41-43-45-47-49-51-58(63)68-55-57(56-69-61(60(65)66)67-54-53-62(3,4)5)70-59(64)52-50-48-46-44-42-39-19-17-15-13-11-9-7-2/h9,11,15,17,39,42,57,61H,6-8,10,12-14,16,18-38,40-41,43-56H2,1-5H3/p+1/b11-9-,17-15-,42-39-. The van der Waals surface area contributed by atoms with Gasteiger partial charge in [0.1, 0.15) is 13.2 Å². The Morgan fingerprint density at radius 3 is 1.21 bits per heavy atom. The molecule has 9 nitrogen and oxygen atoms in total. The highest BCUT2D eigenvalue weighted by molar-refractivity contribution is 5.71. The molecule has 0 fully saturated rings. The summed E-state index contributed by atoms with van der Waals surface area (Å²) in [4.78, 5) is 37.3. The first-order valence-corrected chi connectivity index (χ1v) is 29.7. The van der Waals surface area contributed by atoms with Crippen LogP contribution in [0.2, 0.25) is 0 Å². The van der Waals surface area contributed by atoms with E-state index in [4.69, 9.17) is 18.9 Å². The number of hydrogen-bond donors (Lipinski definition) is 1. The molecule has 1 N–H and O–H groups in total. The predicted octanol–water partition coefficient (Wildman–Crippen LogP) is 17.3. The number of rotatable bonds is 55. The second-order valence-electron chi connectivity index (χ2n) is 21.3. The number of carbonyl (C=O) groups excluding carboxylic acids is 2. The van der Waals surface area contributed by atoms with Crippen molar-refractivity contribution >= 4 is 17.9 Å². The van der Waals surface area contributed by atoms with Gasteiger partial charge < -0.3 is 28.5 Å². The lowest BCUT2D eigenvalue weighted by atomic mass is 10.0. The number of allylic oxidation sites excluding steroid dienone is 6. The number of carbonyl (C=O) groups is 3. The average Bonchev–Trinajstić information content (AvgIpc) is 3.33.